The predicted octanol–water partition coefficient (Wildman–Crippen LogP) is 2.88. The van der Waals surface area contributed by atoms with Crippen LogP contribution in [0.15, 0.2) is 53.2 Å². The van der Waals surface area contributed by atoms with E-state index < -0.39 is 5.91 Å². The number of aromatic nitrogens is 2. The Kier molecular flexibility index (Phi) is 6.74. The van der Waals surface area contributed by atoms with Crippen LogP contribution in [0, 0.1) is 0 Å². The molecule has 2 aliphatic rings. The molecule has 1 aromatic carbocycles. The van der Waals surface area contributed by atoms with Gasteiger partial charge in [0.25, 0.3) is 5.91 Å². The van der Waals surface area contributed by atoms with Crippen LogP contribution in [-0.2, 0) is 9.59 Å². The minimum absolute atomic E-state index is 0.147. The molecule has 0 atom stereocenters. The Morgan fingerprint density at radius 2 is 1.87 bits per heavy atom. The average Bonchev–Trinajstić information content (AvgIpc) is 3.30. The van der Waals surface area contributed by atoms with E-state index >= 15 is 0 Å². The average molecular weight is 442 g/mol. The second-order valence-corrected chi connectivity index (χ2v) is 9.04. The Labute approximate surface area is 186 Å². The summed E-state index contributed by atoms with van der Waals surface area (Å²) in [4.78, 5) is 26.0. The van der Waals surface area contributed by atoms with Crippen LogP contribution >= 0.6 is 11.9 Å². The number of benzene rings is 1. The van der Waals surface area contributed by atoms with Crippen LogP contribution in [0.5, 0.6) is 0 Å². The fraction of sp³-hybridized carbons (Fsp3) is 0.409. The van der Waals surface area contributed by atoms with Gasteiger partial charge in [0.15, 0.2) is 0 Å². The first kappa shape index (κ1) is 21.6. The summed E-state index contributed by atoms with van der Waals surface area (Å²) in [7, 11) is 0. The number of hydrogen-bond donors (Lipinski definition) is 2. The van der Waals surface area contributed by atoms with E-state index in [4.69, 9.17) is 5.21 Å². The summed E-state index contributed by atoms with van der Waals surface area (Å²) in [6.07, 6.45) is 8.33. The summed E-state index contributed by atoms with van der Waals surface area (Å²) in [5, 5.41) is 13.3. The van der Waals surface area contributed by atoms with E-state index in [2.05, 4.69) is 39.9 Å². The second kappa shape index (κ2) is 9.67. The van der Waals surface area contributed by atoms with Gasteiger partial charge in [-0.25, -0.2) is 9.79 Å². The molecule has 2 amide bonds. The maximum Gasteiger partial charge on any atom is 0.270 e. The molecule has 0 radical (unpaired) electrons. The van der Waals surface area contributed by atoms with Gasteiger partial charge in [-0.15, -0.1) is 0 Å². The van der Waals surface area contributed by atoms with Gasteiger partial charge in [0.2, 0.25) is 5.91 Å². The Hall–Kier alpha value is -2.62. The van der Waals surface area contributed by atoms with Gasteiger partial charge in [0, 0.05) is 55.3 Å². The van der Waals surface area contributed by atoms with Gasteiger partial charge < -0.3 is 4.90 Å². The molecule has 2 aromatic rings. The van der Waals surface area contributed by atoms with Crippen molar-refractivity contribution in [2.45, 2.75) is 37.1 Å². The van der Waals surface area contributed by atoms with Gasteiger partial charge in [-0.3, -0.25) is 19.5 Å². The monoisotopic (exact) mass is 441 g/mol. The van der Waals surface area contributed by atoms with E-state index in [1.807, 2.05) is 21.9 Å². The van der Waals surface area contributed by atoms with Crippen LogP contribution in [0.25, 0.3) is 11.1 Å². The van der Waals surface area contributed by atoms with Gasteiger partial charge in [-0.05, 0) is 48.9 Å². The fourth-order valence-corrected chi connectivity index (χ4v) is 4.89. The lowest BCUT2D eigenvalue weighted by molar-refractivity contribution is -0.130. The highest BCUT2D eigenvalue weighted by Gasteiger charge is 2.22. The van der Waals surface area contributed by atoms with Crippen molar-refractivity contribution in [2.24, 2.45) is 0 Å². The predicted molar refractivity (Wildman–Crippen MR) is 118 cm³/mol. The third-order valence-electron chi connectivity index (χ3n) is 5.87. The second-order valence-electron chi connectivity index (χ2n) is 7.87. The minimum atomic E-state index is -0.418. The maximum absolute atomic E-state index is 11.5. The number of carbonyl (C=O) groups excluding carboxylic acids is 2. The quantitative estimate of drug-likeness (QED) is 0.421. The van der Waals surface area contributed by atoms with Gasteiger partial charge in [-0.2, -0.15) is 5.10 Å². The number of nitrogens with one attached hydrogen (secondary N) is 1. The first-order chi connectivity index (χ1) is 15.0. The SMILES string of the molecule is CC(=O)N1CCC(n2cc(-c3ccc(SN4CC=C(C(=O)NO)CC4)cc3)cn2)CC1. The van der Waals surface area contributed by atoms with Crippen LogP contribution in [-0.4, -0.2) is 62.2 Å². The smallest absolute Gasteiger partial charge is 0.270 e. The van der Waals surface area contributed by atoms with E-state index in [0.717, 1.165) is 48.5 Å². The molecule has 1 saturated heterocycles. The topological polar surface area (TPSA) is 90.7 Å². The van der Waals surface area contributed by atoms with E-state index in [1.54, 1.807) is 24.4 Å². The molecule has 3 heterocycles. The Balaban J connectivity index is 1.34. The summed E-state index contributed by atoms with van der Waals surface area (Å²) >= 11 is 1.66. The molecule has 8 nitrogen and oxygen atoms in total. The highest BCUT2D eigenvalue weighted by atomic mass is 32.2. The summed E-state index contributed by atoms with van der Waals surface area (Å²) in [5.41, 5.74) is 4.53. The van der Waals surface area contributed by atoms with Gasteiger partial charge in [0.1, 0.15) is 0 Å². The molecular weight excluding hydrogens is 414 g/mol. The molecule has 0 saturated carbocycles. The third-order valence-corrected chi connectivity index (χ3v) is 6.95. The number of carbonyl (C=O) groups is 2. The first-order valence-corrected chi connectivity index (χ1v) is 11.3. The molecule has 0 spiro atoms. The number of nitrogens with zero attached hydrogens (tertiary/aromatic N) is 4. The molecule has 2 N–H and O–H groups in total. The van der Waals surface area contributed by atoms with Crippen molar-refractivity contribution in [3.8, 4) is 11.1 Å². The molecule has 0 bridgehead atoms. The normalized spacial score (nSPS) is 18.0. The van der Waals surface area contributed by atoms with Crippen molar-refractivity contribution in [3.63, 3.8) is 0 Å². The van der Waals surface area contributed by atoms with Crippen molar-refractivity contribution in [2.75, 3.05) is 26.2 Å². The number of amides is 2. The maximum atomic E-state index is 11.5. The molecule has 0 unspecified atom stereocenters. The zero-order valence-corrected chi connectivity index (χ0v) is 18.3. The van der Waals surface area contributed by atoms with Crippen molar-refractivity contribution < 1.29 is 14.8 Å². The minimum Gasteiger partial charge on any atom is -0.343 e. The lowest BCUT2D eigenvalue weighted by atomic mass is 10.1. The third kappa shape index (κ3) is 5.17. The molecule has 1 aromatic heterocycles. The first-order valence-electron chi connectivity index (χ1n) is 10.5. The van der Waals surface area contributed by atoms with Crippen LogP contribution in [0.4, 0.5) is 0 Å². The van der Waals surface area contributed by atoms with Crippen molar-refractivity contribution in [3.05, 3.63) is 48.3 Å². The lowest BCUT2D eigenvalue weighted by Gasteiger charge is -2.31. The largest absolute Gasteiger partial charge is 0.343 e. The van der Waals surface area contributed by atoms with E-state index in [-0.39, 0.29) is 5.91 Å². The van der Waals surface area contributed by atoms with Gasteiger partial charge in [0.05, 0.1) is 12.2 Å². The standard InChI is InChI=1S/C22H27N5O3S/c1-16(28)25-10-8-20(9-11-25)27-15-19(14-23-27)17-2-4-21(5-3-17)31-26-12-6-18(7-13-26)22(29)24-30/h2-6,14-15,20,30H,7-13H2,1H3,(H,24,29). The zero-order chi connectivity index (χ0) is 21.8. The molecule has 164 valence electrons. The fourth-order valence-electron chi connectivity index (χ4n) is 4.00. The van der Waals surface area contributed by atoms with E-state index in [0.29, 0.717) is 24.6 Å². The van der Waals surface area contributed by atoms with Crippen LogP contribution in [0.1, 0.15) is 32.2 Å². The van der Waals surface area contributed by atoms with Gasteiger partial charge >= 0.3 is 0 Å². The van der Waals surface area contributed by atoms with E-state index in [9.17, 15) is 9.59 Å². The highest BCUT2D eigenvalue weighted by molar-refractivity contribution is 7.97. The van der Waals surface area contributed by atoms with Crippen molar-refractivity contribution >= 4 is 23.8 Å². The molecule has 1 fully saturated rings. The Morgan fingerprint density at radius 3 is 2.48 bits per heavy atom. The van der Waals surface area contributed by atoms with E-state index in [1.165, 1.54) is 0 Å². The molecule has 0 aliphatic carbocycles. The highest BCUT2D eigenvalue weighted by Crippen LogP contribution is 2.29. The van der Waals surface area contributed by atoms with Crippen LogP contribution in [0.3, 0.4) is 0 Å². The van der Waals surface area contributed by atoms with Crippen molar-refractivity contribution in [1.82, 2.24) is 24.5 Å². The Bertz CT molecular complexity index is 964. The number of rotatable bonds is 5. The van der Waals surface area contributed by atoms with Crippen LogP contribution < -0.4 is 5.48 Å². The summed E-state index contributed by atoms with van der Waals surface area (Å²) in [5.74, 6) is -0.270. The molecule has 2 aliphatic heterocycles. The Morgan fingerprint density at radius 1 is 1.13 bits per heavy atom. The summed E-state index contributed by atoms with van der Waals surface area (Å²) in [6.45, 7) is 4.62. The molecule has 9 heteroatoms. The number of piperidine rings is 1. The van der Waals surface area contributed by atoms with Crippen LogP contribution in [0.2, 0.25) is 0 Å². The lowest BCUT2D eigenvalue weighted by Crippen LogP contribution is -2.37. The number of hydroxylamine groups is 1. The molecule has 4 rings (SSSR count). The molecule has 31 heavy (non-hydrogen) atoms. The summed E-state index contributed by atoms with van der Waals surface area (Å²) in [6, 6.07) is 8.74. The summed E-state index contributed by atoms with van der Waals surface area (Å²) < 4.78 is 4.23. The number of hydrogen-bond acceptors (Lipinski definition) is 6. The molecular formula is C22H27N5O3S. The van der Waals surface area contributed by atoms with Gasteiger partial charge in [-0.1, -0.05) is 18.2 Å². The zero-order valence-electron chi connectivity index (χ0n) is 17.5. The number of likely N-dealkylation sites (tertiary alicyclic amines) is 1. The van der Waals surface area contributed by atoms with Crippen molar-refractivity contribution in [1.29, 1.82) is 0 Å².